The molecule has 0 spiro atoms. The summed E-state index contributed by atoms with van der Waals surface area (Å²) in [5.41, 5.74) is 6.20. The van der Waals surface area contributed by atoms with Gasteiger partial charge in [-0.25, -0.2) is 0 Å². The first-order valence-electron chi connectivity index (χ1n) is 6.02. The minimum atomic E-state index is -0.140. The van der Waals surface area contributed by atoms with Crippen molar-refractivity contribution in [3.63, 3.8) is 0 Å². The first-order chi connectivity index (χ1) is 8.49. The van der Waals surface area contributed by atoms with Crippen LogP contribution in [0.3, 0.4) is 0 Å². The third-order valence-electron chi connectivity index (χ3n) is 3.44. The fourth-order valence-corrected chi connectivity index (χ4v) is 2.45. The van der Waals surface area contributed by atoms with Gasteiger partial charge in [0.05, 0.1) is 10.6 Å². The fraction of sp³-hybridized carbons (Fsp3) is 0.462. The number of phenols is 1. The molecule has 4 nitrogen and oxygen atoms in total. The monoisotopic (exact) mass is 268 g/mol. The third kappa shape index (κ3) is 2.60. The van der Waals surface area contributed by atoms with E-state index in [0.717, 1.165) is 6.42 Å². The van der Waals surface area contributed by atoms with Crippen LogP contribution in [0.5, 0.6) is 5.75 Å². The van der Waals surface area contributed by atoms with E-state index in [0.29, 0.717) is 29.6 Å². The third-order valence-corrected chi connectivity index (χ3v) is 3.77. The largest absolute Gasteiger partial charge is 0.508 e. The number of nitrogens with two attached hydrogens (primary N) is 1. The van der Waals surface area contributed by atoms with E-state index in [1.807, 2.05) is 6.92 Å². The summed E-state index contributed by atoms with van der Waals surface area (Å²) in [6.07, 6.45) is 0.917. The van der Waals surface area contributed by atoms with Crippen LogP contribution in [0.15, 0.2) is 18.2 Å². The molecule has 2 unspecified atom stereocenters. The molecule has 1 aromatic rings. The van der Waals surface area contributed by atoms with E-state index >= 15 is 0 Å². The van der Waals surface area contributed by atoms with Crippen LogP contribution in [0.25, 0.3) is 0 Å². The average Bonchev–Trinajstić information content (AvgIpc) is 2.81. The lowest BCUT2D eigenvalue weighted by Gasteiger charge is -2.18. The van der Waals surface area contributed by atoms with Crippen molar-refractivity contribution >= 4 is 17.5 Å². The summed E-state index contributed by atoms with van der Waals surface area (Å²) >= 11 is 5.99. The van der Waals surface area contributed by atoms with E-state index < -0.39 is 0 Å². The normalized spacial score (nSPS) is 21.1. The molecule has 1 saturated heterocycles. The Morgan fingerprint density at radius 3 is 2.94 bits per heavy atom. The number of hydrogen-bond acceptors (Lipinski definition) is 3. The Kier molecular flexibility index (Phi) is 3.78. The number of carbonyl (C=O) groups is 1. The van der Waals surface area contributed by atoms with Gasteiger partial charge in [-0.1, -0.05) is 11.6 Å². The van der Waals surface area contributed by atoms with Gasteiger partial charge in [-0.2, -0.15) is 0 Å². The molecule has 1 heterocycles. The van der Waals surface area contributed by atoms with Crippen LogP contribution in [0.4, 0.5) is 0 Å². The number of phenolic OH excluding ortho intramolecular Hbond substituents is 1. The second kappa shape index (κ2) is 5.16. The Morgan fingerprint density at radius 1 is 1.61 bits per heavy atom. The molecule has 0 aromatic heterocycles. The van der Waals surface area contributed by atoms with E-state index in [1.165, 1.54) is 18.2 Å². The predicted octanol–water partition coefficient (Wildman–Crippen LogP) is 1.85. The number of nitrogens with zero attached hydrogens (tertiary/aromatic N) is 1. The van der Waals surface area contributed by atoms with Crippen LogP contribution in [0, 0.1) is 5.92 Å². The van der Waals surface area contributed by atoms with Gasteiger partial charge in [-0.15, -0.1) is 0 Å². The maximum atomic E-state index is 12.3. The first kappa shape index (κ1) is 13.2. The molecule has 5 heteroatoms. The number of hydrogen-bond donors (Lipinski definition) is 2. The number of rotatable bonds is 2. The Labute approximate surface area is 111 Å². The standard InChI is InChI=1S/C13H17ClN2O2/c1-8(15)9-4-5-16(7-9)13(18)11-6-10(17)2-3-12(11)14/h2-3,6,8-9,17H,4-5,7,15H2,1H3. The van der Waals surface area contributed by atoms with Gasteiger partial charge in [-0.3, -0.25) is 4.79 Å². The van der Waals surface area contributed by atoms with Crippen molar-refractivity contribution in [2.45, 2.75) is 19.4 Å². The minimum absolute atomic E-state index is 0.0469. The lowest BCUT2D eigenvalue weighted by atomic mass is 10.0. The molecular formula is C13H17ClN2O2. The van der Waals surface area contributed by atoms with Crippen molar-refractivity contribution < 1.29 is 9.90 Å². The topological polar surface area (TPSA) is 66.6 Å². The van der Waals surface area contributed by atoms with Crippen LogP contribution < -0.4 is 5.73 Å². The van der Waals surface area contributed by atoms with Gasteiger partial charge in [0, 0.05) is 19.1 Å². The average molecular weight is 269 g/mol. The Hall–Kier alpha value is -1.26. The first-order valence-corrected chi connectivity index (χ1v) is 6.40. The van der Waals surface area contributed by atoms with E-state index in [9.17, 15) is 9.90 Å². The summed E-state index contributed by atoms with van der Waals surface area (Å²) in [5.74, 6) is 0.245. The summed E-state index contributed by atoms with van der Waals surface area (Å²) in [6, 6.07) is 4.49. The van der Waals surface area contributed by atoms with Crippen molar-refractivity contribution in [2.24, 2.45) is 11.7 Å². The molecule has 1 amide bonds. The van der Waals surface area contributed by atoms with Gasteiger partial charge >= 0.3 is 0 Å². The molecule has 0 bridgehead atoms. The molecule has 2 atom stereocenters. The van der Waals surface area contributed by atoms with Crippen LogP contribution >= 0.6 is 11.6 Å². The molecule has 3 N–H and O–H groups in total. The fourth-order valence-electron chi connectivity index (χ4n) is 2.25. The van der Waals surface area contributed by atoms with Gasteiger partial charge < -0.3 is 15.7 Å². The van der Waals surface area contributed by atoms with E-state index in [1.54, 1.807) is 4.90 Å². The van der Waals surface area contributed by atoms with Gasteiger partial charge in [-0.05, 0) is 37.5 Å². The Balaban J connectivity index is 2.15. The van der Waals surface area contributed by atoms with Crippen molar-refractivity contribution in [3.05, 3.63) is 28.8 Å². The van der Waals surface area contributed by atoms with Crippen molar-refractivity contribution in [2.75, 3.05) is 13.1 Å². The van der Waals surface area contributed by atoms with E-state index in [-0.39, 0.29) is 17.7 Å². The lowest BCUT2D eigenvalue weighted by molar-refractivity contribution is 0.0785. The zero-order valence-corrected chi connectivity index (χ0v) is 11.0. The number of halogens is 1. The maximum absolute atomic E-state index is 12.3. The van der Waals surface area contributed by atoms with Crippen LogP contribution in [-0.4, -0.2) is 35.0 Å². The minimum Gasteiger partial charge on any atom is -0.508 e. The molecule has 0 radical (unpaired) electrons. The Bertz CT molecular complexity index is 462. The van der Waals surface area contributed by atoms with E-state index in [4.69, 9.17) is 17.3 Å². The number of benzene rings is 1. The summed E-state index contributed by atoms with van der Waals surface area (Å²) in [6.45, 7) is 3.31. The van der Waals surface area contributed by atoms with Gasteiger partial charge in [0.25, 0.3) is 5.91 Å². The molecule has 1 aliphatic rings. The molecule has 0 saturated carbocycles. The molecule has 0 aliphatic carbocycles. The van der Waals surface area contributed by atoms with Crippen molar-refractivity contribution in [1.29, 1.82) is 0 Å². The molecule has 2 rings (SSSR count). The number of aromatic hydroxyl groups is 1. The zero-order chi connectivity index (χ0) is 13.3. The number of amides is 1. The highest BCUT2D eigenvalue weighted by atomic mass is 35.5. The molecule has 1 aromatic carbocycles. The number of carbonyl (C=O) groups excluding carboxylic acids is 1. The van der Waals surface area contributed by atoms with E-state index in [2.05, 4.69) is 0 Å². The van der Waals surface area contributed by atoms with Gasteiger partial charge in [0.1, 0.15) is 5.75 Å². The predicted molar refractivity (Wildman–Crippen MR) is 70.8 cm³/mol. The molecule has 98 valence electrons. The maximum Gasteiger partial charge on any atom is 0.255 e. The quantitative estimate of drug-likeness (QED) is 0.860. The summed E-state index contributed by atoms with van der Waals surface area (Å²) in [4.78, 5) is 14.0. The van der Waals surface area contributed by atoms with Gasteiger partial charge in [0.15, 0.2) is 0 Å². The number of likely N-dealkylation sites (tertiary alicyclic amines) is 1. The molecular weight excluding hydrogens is 252 g/mol. The molecule has 18 heavy (non-hydrogen) atoms. The molecule has 1 fully saturated rings. The van der Waals surface area contributed by atoms with Crippen LogP contribution in [0.2, 0.25) is 5.02 Å². The van der Waals surface area contributed by atoms with Crippen LogP contribution in [-0.2, 0) is 0 Å². The SMILES string of the molecule is CC(N)C1CCN(C(=O)c2cc(O)ccc2Cl)C1. The van der Waals surface area contributed by atoms with Gasteiger partial charge in [0.2, 0.25) is 0 Å². The highest BCUT2D eigenvalue weighted by Crippen LogP contribution is 2.26. The van der Waals surface area contributed by atoms with Crippen LogP contribution in [0.1, 0.15) is 23.7 Å². The summed E-state index contributed by atoms with van der Waals surface area (Å²) < 4.78 is 0. The second-order valence-corrected chi connectivity index (χ2v) is 5.23. The summed E-state index contributed by atoms with van der Waals surface area (Å²) in [5, 5.41) is 9.78. The van der Waals surface area contributed by atoms with Crippen molar-refractivity contribution in [3.8, 4) is 5.75 Å². The Morgan fingerprint density at radius 2 is 2.33 bits per heavy atom. The summed E-state index contributed by atoms with van der Waals surface area (Å²) in [7, 11) is 0. The lowest BCUT2D eigenvalue weighted by Crippen LogP contribution is -2.33. The zero-order valence-electron chi connectivity index (χ0n) is 10.3. The van der Waals surface area contributed by atoms with Crippen molar-refractivity contribution in [1.82, 2.24) is 4.90 Å². The highest BCUT2D eigenvalue weighted by molar-refractivity contribution is 6.33. The smallest absolute Gasteiger partial charge is 0.255 e. The second-order valence-electron chi connectivity index (χ2n) is 4.82. The molecule has 1 aliphatic heterocycles. The highest BCUT2D eigenvalue weighted by Gasteiger charge is 2.29.